The highest BCUT2D eigenvalue weighted by Gasteiger charge is 2.11. The van der Waals surface area contributed by atoms with Crippen LogP contribution in [-0.4, -0.2) is 16.9 Å². The number of nitrogens with two attached hydrogens (primary N) is 1. The van der Waals surface area contributed by atoms with Crippen LogP contribution >= 0.6 is 0 Å². The molecule has 2 amide bonds. The van der Waals surface area contributed by atoms with Crippen LogP contribution in [0.3, 0.4) is 0 Å². The van der Waals surface area contributed by atoms with E-state index in [1.807, 2.05) is 12.1 Å². The molecule has 0 saturated heterocycles. The van der Waals surface area contributed by atoms with Crippen molar-refractivity contribution in [2.75, 3.05) is 16.4 Å². The largest absolute Gasteiger partial charge is 0.508 e. The summed E-state index contributed by atoms with van der Waals surface area (Å²) in [6, 6.07) is 23.9. The van der Waals surface area contributed by atoms with E-state index in [-0.39, 0.29) is 17.6 Å². The van der Waals surface area contributed by atoms with E-state index >= 15 is 0 Å². The Labute approximate surface area is 173 Å². The topological polar surface area (TPSA) is 104 Å². The zero-order chi connectivity index (χ0) is 21.1. The zero-order valence-corrected chi connectivity index (χ0v) is 15.9. The van der Waals surface area contributed by atoms with Crippen molar-refractivity contribution in [1.82, 2.24) is 0 Å². The first kappa shape index (κ1) is 19.0. The molecule has 6 heteroatoms. The number of carbonyl (C=O) groups excluding carboxylic acids is 2. The molecule has 5 N–H and O–H groups in total. The van der Waals surface area contributed by atoms with Crippen molar-refractivity contribution < 1.29 is 14.7 Å². The van der Waals surface area contributed by atoms with Gasteiger partial charge in [-0.15, -0.1) is 0 Å². The lowest BCUT2D eigenvalue weighted by molar-refractivity contribution is 0.101. The molecule has 0 bridgehead atoms. The smallest absolute Gasteiger partial charge is 0.255 e. The molecule has 4 aromatic rings. The van der Waals surface area contributed by atoms with E-state index in [1.54, 1.807) is 60.7 Å². The SMILES string of the molecule is Nc1ccccc1NC(=O)c1ccc2ccc(C(=O)Nc3ccc(O)cc3)cc2c1. The van der Waals surface area contributed by atoms with E-state index in [4.69, 9.17) is 5.73 Å². The number of phenolic OH excluding ortho intramolecular Hbond substituents is 1. The van der Waals surface area contributed by atoms with Crippen LogP contribution in [0.25, 0.3) is 10.8 Å². The number of nitrogens with one attached hydrogen (secondary N) is 2. The highest BCUT2D eigenvalue weighted by Crippen LogP contribution is 2.22. The number of fused-ring (bicyclic) bond motifs is 1. The first-order valence-electron chi connectivity index (χ1n) is 9.30. The predicted molar refractivity (Wildman–Crippen MR) is 119 cm³/mol. The van der Waals surface area contributed by atoms with Crippen LogP contribution in [0.2, 0.25) is 0 Å². The lowest BCUT2D eigenvalue weighted by Gasteiger charge is -2.10. The van der Waals surface area contributed by atoms with E-state index in [0.717, 1.165) is 10.8 Å². The fourth-order valence-electron chi connectivity index (χ4n) is 3.08. The molecule has 0 radical (unpaired) electrons. The number of para-hydroxylation sites is 2. The van der Waals surface area contributed by atoms with Gasteiger partial charge in [0.1, 0.15) is 5.75 Å². The third-order valence-corrected chi connectivity index (χ3v) is 4.70. The average molecular weight is 397 g/mol. The number of carbonyl (C=O) groups is 2. The van der Waals surface area contributed by atoms with Gasteiger partial charge in [0.15, 0.2) is 0 Å². The Morgan fingerprint density at radius 2 is 1.30 bits per heavy atom. The lowest BCUT2D eigenvalue weighted by Crippen LogP contribution is -2.13. The molecule has 0 aliphatic heterocycles. The summed E-state index contributed by atoms with van der Waals surface area (Å²) in [7, 11) is 0. The first-order valence-corrected chi connectivity index (χ1v) is 9.30. The summed E-state index contributed by atoms with van der Waals surface area (Å²) >= 11 is 0. The second kappa shape index (κ2) is 7.97. The van der Waals surface area contributed by atoms with Gasteiger partial charge in [0, 0.05) is 16.8 Å². The molecular weight excluding hydrogens is 378 g/mol. The third kappa shape index (κ3) is 4.07. The van der Waals surface area contributed by atoms with Gasteiger partial charge < -0.3 is 21.5 Å². The number of anilines is 3. The van der Waals surface area contributed by atoms with Gasteiger partial charge in [-0.25, -0.2) is 0 Å². The number of aromatic hydroxyl groups is 1. The summed E-state index contributed by atoms with van der Waals surface area (Å²) < 4.78 is 0. The number of hydrogen-bond acceptors (Lipinski definition) is 4. The van der Waals surface area contributed by atoms with Crippen LogP contribution in [0.5, 0.6) is 5.75 Å². The highest BCUT2D eigenvalue weighted by atomic mass is 16.3. The number of benzene rings is 4. The summed E-state index contributed by atoms with van der Waals surface area (Å²) in [4.78, 5) is 25.2. The number of hydrogen-bond donors (Lipinski definition) is 4. The van der Waals surface area contributed by atoms with Gasteiger partial charge in [-0.05, 0) is 71.4 Å². The molecule has 30 heavy (non-hydrogen) atoms. The van der Waals surface area contributed by atoms with Gasteiger partial charge in [-0.1, -0.05) is 24.3 Å². The number of amides is 2. The van der Waals surface area contributed by atoms with Gasteiger partial charge in [0.05, 0.1) is 11.4 Å². The van der Waals surface area contributed by atoms with E-state index in [1.165, 1.54) is 12.1 Å². The molecule has 4 aromatic carbocycles. The maximum atomic E-state index is 12.6. The van der Waals surface area contributed by atoms with Crippen LogP contribution in [0, 0.1) is 0 Å². The van der Waals surface area contributed by atoms with Gasteiger partial charge in [0.25, 0.3) is 11.8 Å². The molecule has 148 valence electrons. The first-order chi connectivity index (χ1) is 14.5. The summed E-state index contributed by atoms with van der Waals surface area (Å²) in [6.07, 6.45) is 0. The van der Waals surface area contributed by atoms with Gasteiger partial charge in [-0.2, -0.15) is 0 Å². The molecule has 0 saturated carbocycles. The third-order valence-electron chi connectivity index (χ3n) is 4.70. The molecule has 4 rings (SSSR count). The Kier molecular flexibility index (Phi) is 5.05. The molecule has 0 spiro atoms. The Bertz CT molecular complexity index is 1250. The standard InChI is InChI=1S/C24H19N3O3/c25-21-3-1-2-4-22(21)27-24(30)17-8-6-15-5-7-16(13-18(15)14-17)23(29)26-19-9-11-20(28)12-10-19/h1-14,28H,25H2,(H,26,29)(H,27,30). The molecule has 0 heterocycles. The van der Waals surface area contributed by atoms with Crippen molar-refractivity contribution in [3.05, 3.63) is 96.1 Å². The summed E-state index contributed by atoms with van der Waals surface area (Å²) in [6.45, 7) is 0. The van der Waals surface area contributed by atoms with Gasteiger partial charge >= 0.3 is 0 Å². The van der Waals surface area contributed by atoms with Crippen LogP contribution in [0.1, 0.15) is 20.7 Å². The number of phenols is 1. The summed E-state index contributed by atoms with van der Waals surface area (Å²) in [5.41, 5.74) is 8.42. The fraction of sp³-hybridized carbons (Fsp3) is 0. The minimum atomic E-state index is -0.284. The zero-order valence-electron chi connectivity index (χ0n) is 15.9. The maximum Gasteiger partial charge on any atom is 0.255 e. The normalized spacial score (nSPS) is 10.5. The Balaban J connectivity index is 1.57. The monoisotopic (exact) mass is 397 g/mol. The van der Waals surface area contributed by atoms with Crippen molar-refractivity contribution in [1.29, 1.82) is 0 Å². The number of rotatable bonds is 4. The fourth-order valence-corrected chi connectivity index (χ4v) is 3.08. The van der Waals surface area contributed by atoms with Crippen molar-refractivity contribution in [2.24, 2.45) is 0 Å². The van der Waals surface area contributed by atoms with Crippen LogP contribution in [-0.2, 0) is 0 Å². The second-order valence-electron chi connectivity index (χ2n) is 6.82. The molecule has 6 nitrogen and oxygen atoms in total. The molecule has 0 unspecified atom stereocenters. The van der Waals surface area contributed by atoms with Crippen molar-refractivity contribution in [2.45, 2.75) is 0 Å². The van der Waals surface area contributed by atoms with Crippen LogP contribution in [0.15, 0.2) is 84.9 Å². The summed E-state index contributed by atoms with van der Waals surface area (Å²) in [5, 5.41) is 16.6. The maximum absolute atomic E-state index is 12.6. The van der Waals surface area contributed by atoms with E-state index < -0.39 is 0 Å². The van der Waals surface area contributed by atoms with Crippen molar-refractivity contribution >= 4 is 39.6 Å². The predicted octanol–water partition coefficient (Wildman–Crippen LogP) is 4.63. The molecule has 0 aliphatic rings. The molecule has 0 fully saturated rings. The average Bonchev–Trinajstić information content (AvgIpc) is 2.76. The molecule has 0 aliphatic carbocycles. The minimum Gasteiger partial charge on any atom is -0.508 e. The summed E-state index contributed by atoms with van der Waals surface area (Å²) in [5.74, 6) is -0.440. The quantitative estimate of drug-likeness (QED) is 0.298. The molecular formula is C24H19N3O3. The Morgan fingerprint density at radius 3 is 1.93 bits per heavy atom. The highest BCUT2D eigenvalue weighted by molar-refractivity contribution is 6.09. The van der Waals surface area contributed by atoms with Crippen molar-refractivity contribution in [3.63, 3.8) is 0 Å². The van der Waals surface area contributed by atoms with E-state index in [9.17, 15) is 14.7 Å². The second-order valence-corrected chi connectivity index (χ2v) is 6.82. The van der Waals surface area contributed by atoms with Gasteiger partial charge in [-0.3, -0.25) is 9.59 Å². The van der Waals surface area contributed by atoms with Gasteiger partial charge in [0.2, 0.25) is 0 Å². The van der Waals surface area contributed by atoms with E-state index in [0.29, 0.717) is 28.2 Å². The van der Waals surface area contributed by atoms with E-state index in [2.05, 4.69) is 10.6 Å². The Hall–Kier alpha value is -4.32. The van der Waals surface area contributed by atoms with Crippen LogP contribution in [0.4, 0.5) is 17.1 Å². The Morgan fingerprint density at radius 1 is 0.700 bits per heavy atom. The molecule has 0 atom stereocenters. The number of nitrogen functional groups attached to an aromatic ring is 1. The van der Waals surface area contributed by atoms with Crippen LogP contribution < -0.4 is 16.4 Å². The molecule has 0 aromatic heterocycles. The lowest BCUT2D eigenvalue weighted by atomic mass is 10.0. The minimum absolute atomic E-state index is 0.127. The van der Waals surface area contributed by atoms with Crippen molar-refractivity contribution in [3.8, 4) is 5.75 Å².